The molecule has 1 aliphatic heterocycles. The van der Waals surface area contributed by atoms with Crippen molar-refractivity contribution in [1.29, 1.82) is 0 Å². The van der Waals surface area contributed by atoms with Gasteiger partial charge >= 0.3 is 0 Å². The lowest BCUT2D eigenvalue weighted by Crippen LogP contribution is -2.25. The van der Waals surface area contributed by atoms with Crippen molar-refractivity contribution in [2.75, 3.05) is 16.8 Å². The predicted molar refractivity (Wildman–Crippen MR) is 96.2 cm³/mol. The minimum Gasteiger partial charge on any atom is -0.325 e. The summed E-state index contributed by atoms with van der Waals surface area (Å²) in [4.78, 5) is 31.0. The molecule has 1 aromatic carbocycles. The molecule has 1 fully saturated rings. The van der Waals surface area contributed by atoms with Crippen LogP contribution >= 0.6 is 11.8 Å². The summed E-state index contributed by atoms with van der Waals surface area (Å²) in [6, 6.07) is 11.2. The number of hydrogen-bond donors (Lipinski definition) is 1. The lowest BCUT2D eigenvalue weighted by molar-refractivity contribution is -0.117. The molecule has 0 saturated carbocycles. The smallest absolute Gasteiger partial charge is 0.237 e. The molecule has 124 valence electrons. The molecule has 2 aromatic rings. The van der Waals surface area contributed by atoms with Crippen LogP contribution in [0, 0.1) is 0 Å². The van der Waals surface area contributed by atoms with E-state index in [0.717, 1.165) is 23.5 Å². The zero-order valence-electron chi connectivity index (χ0n) is 13.4. The van der Waals surface area contributed by atoms with Crippen molar-refractivity contribution in [2.24, 2.45) is 0 Å². The largest absolute Gasteiger partial charge is 0.325 e. The summed E-state index contributed by atoms with van der Waals surface area (Å²) in [5.74, 6) is 0.0711. The highest BCUT2D eigenvalue weighted by atomic mass is 32.2. The average molecular weight is 341 g/mol. The fraction of sp³-hybridized carbons (Fsp3) is 0.278. The molecule has 1 aromatic heterocycles. The number of aromatic nitrogens is 1. The molecule has 0 radical (unpaired) electrons. The van der Waals surface area contributed by atoms with E-state index in [0.29, 0.717) is 12.1 Å². The molecule has 1 unspecified atom stereocenters. The van der Waals surface area contributed by atoms with Crippen LogP contribution in [0.5, 0.6) is 0 Å². The van der Waals surface area contributed by atoms with Crippen LogP contribution in [0.15, 0.2) is 53.7 Å². The minimum absolute atomic E-state index is 0.0679. The second kappa shape index (κ2) is 7.49. The summed E-state index contributed by atoms with van der Waals surface area (Å²) in [5.41, 5.74) is 1.55. The molecular formula is C18H19N3O2S. The number of benzene rings is 1. The zero-order chi connectivity index (χ0) is 16.9. The Morgan fingerprint density at radius 1 is 1.29 bits per heavy atom. The second-order valence-corrected chi connectivity index (χ2v) is 7.05. The van der Waals surface area contributed by atoms with Gasteiger partial charge in [-0.05, 0) is 43.7 Å². The van der Waals surface area contributed by atoms with Crippen molar-refractivity contribution in [3.05, 3.63) is 48.8 Å². The van der Waals surface area contributed by atoms with E-state index in [2.05, 4.69) is 10.3 Å². The number of thioether (sulfide) groups is 1. The Kier molecular flexibility index (Phi) is 5.15. The first kappa shape index (κ1) is 16.5. The van der Waals surface area contributed by atoms with E-state index in [4.69, 9.17) is 0 Å². The van der Waals surface area contributed by atoms with E-state index in [1.165, 1.54) is 11.8 Å². The zero-order valence-corrected chi connectivity index (χ0v) is 14.3. The number of nitrogens with zero attached hydrogens (tertiary/aromatic N) is 2. The molecule has 1 atom stereocenters. The fourth-order valence-electron chi connectivity index (χ4n) is 2.59. The Hall–Kier alpha value is -2.34. The van der Waals surface area contributed by atoms with Crippen molar-refractivity contribution < 1.29 is 9.59 Å². The third kappa shape index (κ3) is 3.94. The summed E-state index contributed by atoms with van der Waals surface area (Å²) in [5, 5.41) is 2.70. The monoisotopic (exact) mass is 341 g/mol. The molecule has 1 N–H and O–H groups in total. The third-order valence-electron chi connectivity index (χ3n) is 3.83. The highest BCUT2D eigenvalue weighted by Crippen LogP contribution is 2.26. The Bertz CT molecular complexity index is 736. The van der Waals surface area contributed by atoms with Crippen LogP contribution in [0.25, 0.3) is 0 Å². The third-order valence-corrected chi connectivity index (χ3v) is 4.94. The maximum absolute atomic E-state index is 12.4. The highest BCUT2D eigenvalue weighted by Gasteiger charge is 2.22. The van der Waals surface area contributed by atoms with Gasteiger partial charge in [0.25, 0.3) is 0 Å². The van der Waals surface area contributed by atoms with Crippen molar-refractivity contribution >= 4 is 35.0 Å². The van der Waals surface area contributed by atoms with Crippen molar-refractivity contribution in [2.45, 2.75) is 29.9 Å². The standard InChI is InChI=1S/C18H19N3O2S/c1-13(24-16-7-9-19-10-8-16)18(23)20-14-4-2-5-15(12-14)21-11-3-6-17(21)22/h2,4-5,7-10,12-13H,3,6,11H2,1H3,(H,20,23). The molecular weight excluding hydrogens is 322 g/mol. The maximum atomic E-state index is 12.4. The van der Waals surface area contributed by atoms with Gasteiger partial charge in [0.2, 0.25) is 11.8 Å². The van der Waals surface area contributed by atoms with Gasteiger partial charge in [-0.3, -0.25) is 14.6 Å². The van der Waals surface area contributed by atoms with E-state index >= 15 is 0 Å². The van der Waals surface area contributed by atoms with Gasteiger partial charge in [0.15, 0.2) is 0 Å². The van der Waals surface area contributed by atoms with Crippen molar-refractivity contribution in [1.82, 2.24) is 4.98 Å². The van der Waals surface area contributed by atoms with Gasteiger partial charge in [0.1, 0.15) is 0 Å². The summed E-state index contributed by atoms with van der Waals surface area (Å²) >= 11 is 1.48. The first-order valence-electron chi connectivity index (χ1n) is 7.91. The molecule has 3 rings (SSSR count). The van der Waals surface area contributed by atoms with Gasteiger partial charge in [-0.25, -0.2) is 0 Å². The molecule has 6 heteroatoms. The van der Waals surface area contributed by atoms with E-state index in [1.54, 1.807) is 17.3 Å². The van der Waals surface area contributed by atoms with Crippen LogP contribution in [0.1, 0.15) is 19.8 Å². The molecule has 1 aliphatic rings. The quantitative estimate of drug-likeness (QED) is 0.848. The number of carbonyl (C=O) groups is 2. The number of hydrogen-bond acceptors (Lipinski definition) is 4. The summed E-state index contributed by atoms with van der Waals surface area (Å²) in [7, 11) is 0. The molecule has 2 amide bonds. The predicted octanol–water partition coefficient (Wildman–Crippen LogP) is 3.33. The number of nitrogens with one attached hydrogen (secondary N) is 1. The molecule has 0 bridgehead atoms. The lowest BCUT2D eigenvalue weighted by atomic mass is 10.2. The van der Waals surface area contributed by atoms with Crippen LogP contribution in [0.2, 0.25) is 0 Å². The van der Waals surface area contributed by atoms with Crippen LogP contribution in [0.3, 0.4) is 0 Å². The van der Waals surface area contributed by atoms with Gasteiger partial charge < -0.3 is 10.2 Å². The van der Waals surface area contributed by atoms with Gasteiger partial charge in [0, 0.05) is 41.6 Å². The minimum atomic E-state index is -0.232. The summed E-state index contributed by atoms with van der Waals surface area (Å²) < 4.78 is 0. The van der Waals surface area contributed by atoms with E-state index in [1.807, 2.05) is 43.3 Å². The van der Waals surface area contributed by atoms with Gasteiger partial charge in [0.05, 0.1) is 5.25 Å². The SMILES string of the molecule is CC(Sc1ccncc1)C(=O)Nc1cccc(N2CCCC2=O)c1. The Balaban J connectivity index is 1.65. The van der Waals surface area contributed by atoms with Crippen molar-refractivity contribution in [3.8, 4) is 0 Å². The van der Waals surface area contributed by atoms with E-state index < -0.39 is 0 Å². The average Bonchev–Trinajstić information content (AvgIpc) is 3.02. The number of rotatable bonds is 5. The van der Waals surface area contributed by atoms with Crippen LogP contribution in [0.4, 0.5) is 11.4 Å². The second-order valence-electron chi connectivity index (χ2n) is 5.63. The number of pyridine rings is 1. The number of anilines is 2. The molecule has 1 saturated heterocycles. The lowest BCUT2D eigenvalue weighted by Gasteiger charge is -2.17. The van der Waals surface area contributed by atoms with Crippen molar-refractivity contribution in [3.63, 3.8) is 0 Å². The van der Waals surface area contributed by atoms with Crippen LogP contribution < -0.4 is 10.2 Å². The first-order chi connectivity index (χ1) is 11.6. The summed E-state index contributed by atoms with van der Waals surface area (Å²) in [6.45, 7) is 2.61. The van der Waals surface area contributed by atoms with Gasteiger partial charge in [-0.15, -0.1) is 11.8 Å². The number of amides is 2. The number of carbonyl (C=O) groups excluding carboxylic acids is 2. The molecule has 0 spiro atoms. The normalized spacial score (nSPS) is 15.4. The van der Waals surface area contributed by atoms with Gasteiger partial charge in [-0.1, -0.05) is 6.07 Å². The fourth-order valence-corrected chi connectivity index (χ4v) is 3.44. The van der Waals surface area contributed by atoms with Gasteiger partial charge in [-0.2, -0.15) is 0 Å². The molecule has 2 heterocycles. The van der Waals surface area contributed by atoms with Crippen LogP contribution in [-0.4, -0.2) is 28.6 Å². The van der Waals surface area contributed by atoms with E-state index in [9.17, 15) is 9.59 Å². The Morgan fingerprint density at radius 3 is 2.79 bits per heavy atom. The maximum Gasteiger partial charge on any atom is 0.237 e. The summed E-state index contributed by atoms with van der Waals surface area (Å²) in [6.07, 6.45) is 4.90. The van der Waals surface area contributed by atoms with E-state index in [-0.39, 0.29) is 17.1 Å². The Labute approximate surface area is 145 Å². The molecule has 24 heavy (non-hydrogen) atoms. The molecule has 5 nitrogen and oxygen atoms in total. The topological polar surface area (TPSA) is 62.3 Å². The molecule has 0 aliphatic carbocycles. The first-order valence-corrected chi connectivity index (χ1v) is 8.79. The Morgan fingerprint density at radius 2 is 2.08 bits per heavy atom. The van der Waals surface area contributed by atoms with Crippen LogP contribution in [-0.2, 0) is 9.59 Å². The highest BCUT2D eigenvalue weighted by molar-refractivity contribution is 8.00.